The highest BCUT2D eigenvalue weighted by atomic mass is 127. The van der Waals surface area contributed by atoms with Crippen LogP contribution in [0.25, 0.3) is 32.6 Å². The zero-order valence-corrected chi connectivity index (χ0v) is 13.8. The van der Waals surface area contributed by atoms with Crippen molar-refractivity contribution in [1.82, 2.24) is 4.98 Å². The minimum atomic E-state index is -0.0371. The molecule has 0 unspecified atom stereocenters. The van der Waals surface area contributed by atoms with Crippen LogP contribution in [0.4, 0.5) is 0 Å². The predicted molar refractivity (Wildman–Crippen MR) is 101 cm³/mol. The monoisotopic (exact) mass is 397 g/mol. The second-order valence-corrected chi connectivity index (χ2v) is 6.30. The van der Waals surface area contributed by atoms with Crippen LogP contribution in [0.15, 0.2) is 61.2 Å². The molecule has 0 saturated heterocycles. The molecule has 106 valence electrons. The smallest absolute Gasteiger partial charge is 0.187 e. The van der Waals surface area contributed by atoms with E-state index >= 15 is 0 Å². The van der Waals surface area contributed by atoms with Crippen molar-refractivity contribution in [2.75, 3.05) is 0 Å². The number of carbonyl (C=O) groups is 1. The zero-order chi connectivity index (χ0) is 15.3. The lowest BCUT2D eigenvalue weighted by molar-refractivity contribution is 0.104. The maximum atomic E-state index is 12.5. The molecule has 0 radical (unpaired) electrons. The molecule has 2 nitrogen and oxygen atoms in total. The number of benzene rings is 3. The summed E-state index contributed by atoms with van der Waals surface area (Å²) < 4.78 is 0.982. The van der Waals surface area contributed by atoms with Crippen LogP contribution in [0.3, 0.4) is 0 Å². The Morgan fingerprint density at radius 1 is 1.00 bits per heavy atom. The topological polar surface area (TPSA) is 32.9 Å². The molecule has 4 rings (SSSR count). The number of hydrogen-bond acceptors (Lipinski definition) is 1. The lowest BCUT2D eigenvalue weighted by Gasteiger charge is -2.09. The molecule has 1 heterocycles. The molecule has 1 aromatic heterocycles. The normalized spacial score (nSPS) is 11.3. The number of allylic oxidation sites excluding steroid dienone is 1. The molecular weight excluding hydrogens is 385 g/mol. The summed E-state index contributed by atoms with van der Waals surface area (Å²) in [6.45, 7) is 3.67. The fraction of sp³-hybridized carbons (Fsp3) is 0. The second-order valence-electron chi connectivity index (χ2n) is 5.22. The van der Waals surface area contributed by atoms with Crippen LogP contribution in [0.5, 0.6) is 0 Å². The molecule has 0 spiro atoms. The van der Waals surface area contributed by atoms with Crippen molar-refractivity contribution in [3.05, 3.63) is 70.3 Å². The van der Waals surface area contributed by atoms with Crippen LogP contribution < -0.4 is 0 Å². The van der Waals surface area contributed by atoms with Crippen molar-refractivity contribution in [3.63, 3.8) is 0 Å². The number of fused-ring (bicyclic) bond motifs is 5. The summed E-state index contributed by atoms with van der Waals surface area (Å²) >= 11 is 2.27. The van der Waals surface area contributed by atoms with E-state index in [9.17, 15) is 4.79 Å². The van der Waals surface area contributed by atoms with Gasteiger partial charge in [0.25, 0.3) is 0 Å². The van der Waals surface area contributed by atoms with E-state index in [2.05, 4.69) is 52.4 Å². The fourth-order valence-corrected chi connectivity index (χ4v) is 4.08. The van der Waals surface area contributed by atoms with E-state index in [1.54, 1.807) is 0 Å². The van der Waals surface area contributed by atoms with Crippen LogP contribution in [-0.2, 0) is 0 Å². The van der Waals surface area contributed by atoms with Crippen LogP contribution in [0.2, 0.25) is 0 Å². The van der Waals surface area contributed by atoms with Gasteiger partial charge < -0.3 is 4.98 Å². The number of rotatable bonds is 2. The average Bonchev–Trinajstić information content (AvgIpc) is 2.94. The van der Waals surface area contributed by atoms with Gasteiger partial charge in [0, 0.05) is 30.8 Å². The highest BCUT2D eigenvalue weighted by molar-refractivity contribution is 14.1. The third kappa shape index (κ3) is 1.75. The molecule has 0 amide bonds. The number of halogens is 1. The number of aromatic nitrogens is 1. The first-order valence-corrected chi connectivity index (χ1v) is 8.07. The quantitative estimate of drug-likeness (QED) is 0.273. The van der Waals surface area contributed by atoms with Gasteiger partial charge in [-0.3, -0.25) is 4.79 Å². The van der Waals surface area contributed by atoms with Gasteiger partial charge in [0.1, 0.15) is 0 Å². The first-order valence-electron chi connectivity index (χ1n) is 6.99. The number of carbonyl (C=O) groups excluding carboxylic acids is 1. The van der Waals surface area contributed by atoms with Gasteiger partial charge >= 0.3 is 0 Å². The first-order chi connectivity index (χ1) is 10.7. The Balaban J connectivity index is 2.38. The van der Waals surface area contributed by atoms with Gasteiger partial charge in [-0.1, -0.05) is 49.0 Å². The van der Waals surface area contributed by atoms with Crippen molar-refractivity contribution in [2.45, 2.75) is 0 Å². The molecule has 4 aromatic rings. The second kappa shape index (κ2) is 4.95. The highest BCUT2D eigenvalue weighted by Gasteiger charge is 2.19. The maximum absolute atomic E-state index is 12.5. The van der Waals surface area contributed by atoms with Crippen LogP contribution in [-0.4, -0.2) is 10.8 Å². The Morgan fingerprint density at radius 3 is 2.36 bits per heavy atom. The Kier molecular flexibility index (Phi) is 3.04. The van der Waals surface area contributed by atoms with Gasteiger partial charge in [0.2, 0.25) is 0 Å². The Hall–Kier alpha value is -2.14. The SMILES string of the molecule is C=CC(=O)c1c(I)c2ccccc2c2[nH]c3ccccc3c12. The predicted octanol–water partition coefficient (Wildman–Crippen LogP) is 5.45. The maximum Gasteiger partial charge on any atom is 0.187 e. The number of ketones is 1. The average molecular weight is 397 g/mol. The van der Waals surface area contributed by atoms with E-state index in [1.165, 1.54) is 6.08 Å². The Morgan fingerprint density at radius 2 is 1.64 bits per heavy atom. The molecule has 3 heteroatoms. The minimum Gasteiger partial charge on any atom is -0.354 e. The number of H-pyrrole nitrogens is 1. The Bertz CT molecular complexity index is 1080. The molecule has 0 saturated carbocycles. The molecular formula is C19H12INO. The summed E-state index contributed by atoms with van der Waals surface area (Å²) in [7, 11) is 0. The van der Waals surface area contributed by atoms with E-state index in [4.69, 9.17) is 0 Å². The summed E-state index contributed by atoms with van der Waals surface area (Å²) in [5.41, 5.74) is 2.80. The van der Waals surface area contributed by atoms with E-state index < -0.39 is 0 Å². The van der Waals surface area contributed by atoms with Gasteiger partial charge in [-0.25, -0.2) is 0 Å². The van der Waals surface area contributed by atoms with E-state index in [0.29, 0.717) is 0 Å². The lowest BCUT2D eigenvalue weighted by Crippen LogP contribution is -2.00. The summed E-state index contributed by atoms with van der Waals surface area (Å²) in [6.07, 6.45) is 1.40. The number of nitrogens with one attached hydrogen (secondary N) is 1. The molecule has 0 atom stereocenters. The molecule has 0 aliphatic heterocycles. The summed E-state index contributed by atoms with van der Waals surface area (Å²) in [5, 5.41) is 4.29. The molecule has 0 aliphatic carbocycles. The van der Waals surface area contributed by atoms with Crippen molar-refractivity contribution in [1.29, 1.82) is 0 Å². The fourth-order valence-electron chi connectivity index (χ4n) is 3.07. The van der Waals surface area contributed by atoms with E-state index in [-0.39, 0.29) is 5.78 Å². The number of aromatic amines is 1. The Labute approximate surface area is 141 Å². The standard InChI is InChI=1S/C19H12INO/c1-2-15(22)17-16-13-9-5-6-10-14(13)21-19(16)12-8-4-3-7-11(12)18(17)20/h2-10,21H,1H2. The molecule has 22 heavy (non-hydrogen) atoms. The molecule has 0 bridgehead atoms. The highest BCUT2D eigenvalue weighted by Crippen LogP contribution is 2.38. The summed E-state index contributed by atoms with van der Waals surface area (Å²) in [4.78, 5) is 16.0. The van der Waals surface area contributed by atoms with E-state index in [1.807, 2.05) is 30.3 Å². The van der Waals surface area contributed by atoms with Gasteiger partial charge in [-0.2, -0.15) is 0 Å². The molecule has 3 aromatic carbocycles. The summed E-state index contributed by atoms with van der Waals surface area (Å²) in [6, 6.07) is 16.3. The third-order valence-corrected chi connectivity index (χ3v) is 5.16. The van der Waals surface area contributed by atoms with Gasteiger partial charge in [-0.05, 0) is 40.1 Å². The van der Waals surface area contributed by atoms with Gasteiger partial charge in [-0.15, -0.1) is 0 Å². The van der Waals surface area contributed by atoms with Gasteiger partial charge in [0.15, 0.2) is 5.78 Å². The molecule has 0 fully saturated rings. The zero-order valence-electron chi connectivity index (χ0n) is 11.7. The van der Waals surface area contributed by atoms with Crippen molar-refractivity contribution >= 4 is 61.0 Å². The van der Waals surface area contributed by atoms with Crippen molar-refractivity contribution in [2.24, 2.45) is 0 Å². The van der Waals surface area contributed by atoms with Crippen molar-refractivity contribution in [3.8, 4) is 0 Å². The number of para-hydroxylation sites is 1. The van der Waals surface area contributed by atoms with Crippen LogP contribution >= 0.6 is 22.6 Å². The lowest BCUT2D eigenvalue weighted by atomic mass is 9.97. The van der Waals surface area contributed by atoms with Crippen LogP contribution in [0.1, 0.15) is 10.4 Å². The summed E-state index contributed by atoms with van der Waals surface area (Å²) in [5.74, 6) is -0.0371. The van der Waals surface area contributed by atoms with Crippen LogP contribution in [0, 0.1) is 3.57 Å². The molecule has 1 N–H and O–H groups in total. The third-order valence-electron chi connectivity index (χ3n) is 4.04. The largest absolute Gasteiger partial charge is 0.354 e. The molecule has 0 aliphatic rings. The van der Waals surface area contributed by atoms with Gasteiger partial charge in [0.05, 0.1) is 5.52 Å². The minimum absolute atomic E-state index is 0.0371. The van der Waals surface area contributed by atoms with Crippen molar-refractivity contribution < 1.29 is 4.79 Å². The first kappa shape index (κ1) is 13.5. The number of hydrogen-bond donors (Lipinski definition) is 1. The van der Waals surface area contributed by atoms with E-state index in [0.717, 1.165) is 41.7 Å².